The number of rotatable bonds is 11. The first-order chi connectivity index (χ1) is 16.5. The SMILES string of the molecule is CCNC(=O)C(Cc1ccccc1)N(Cc1ccc(OC)cc1)C(=O)COc1ccccc1Cl. The quantitative estimate of drug-likeness (QED) is 0.438. The highest BCUT2D eigenvalue weighted by atomic mass is 35.5. The van der Waals surface area contributed by atoms with Crippen LogP contribution >= 0.6 is 11.6 Å². The van der Waals surface area contributed by atoms with E-state index in [1.807, 2.05) is 61.5 Å². The predicted octanol–water partition coefficient (Wildman–Crippen LogP) is 4.50. The van der Waals surface area contributed by atoms with Crippen molar-refractivity contribution in [3.05, 3.63) is 95.0 Å². The molecule has 3 rings (SSSR count). The van der Waals surface area contributed by atoms with Gasteiger partial charge in [0.2, 0.25) is 5.91 Å². The van der Waals surface area contributed by atoms with Crippen LogP contribution < -0.4 is 14.8 Å². The van der Waals surface area contributed by atoms with E-state index in [1.165, 1.54) is 0 Å². The number of halogens is 1. The van der Waals surface area contributed by atoms with E-state index < -0.39 is 6.04 Å². The summed E-state index contributed by atoms with van der Waals surface area (Å²) in [7, 11) is 1.60. The van der Waals surface area contributed by atoms with Crippen LogP contribution in [0.4, 0.5) is 0 Å². The van der Waals surface area contributed by atoms with Gasteiger partial charge in [0.15, 0.2) is 6.61 Å². The second kappa shape index (κ2) is 12.7. The molecule has 2 amide bonds. The first-order valence-corrected chi connectivity index (χ1v) is 11.5. The van der Waals surface area contributed by atoms with Gasteiger partial charge in [0, 0.05) is 19.5 Å². The summed E-state index contributed by atoms with van der Waals surface area (Å²) < 4.78 is 11.0. The van der Waals surface area contributed by atoms with Crippen molar-refractivity contribution in [2.75, 3.05) is 20.3 Å². The van der Waals surface area contributed by atoms with Crippen molar-refractivity contribution in [3.63, 3.8) is 0 Å². The number of hydrogen-bond donors (Lipinski definition) is 1. The maximum atomic E-state index is 13.4. The van der Waals surface area contributed by atoms with Crippen molar-refractivity contribution in [2.24, 2.45) is 0 Å². The Bertz CT molecular complexity index is 1070. The third-order valence-electron chi connectivity index (χ3n) is 5.32. The molecule has 0 aliphatic carbocycles. The topological polar surface area (TPSA) is 67.9 Å². The second-order valence-electron chi connectivity index (χ2n) is 7.69. The maximum Gasteiger partial charge on any atom is 0.261 e. The van der Waals surface area contributed by atoms with Crippen molar-refractivity contribution < 1.29 is 19.1 Å². The normalized spacial score (nSPS) is 11.4. The van der Waals surface area contributed by atoms with Crippen LogP contribution in [0.5, 0.6) is 11.5 Å². The summed E-state index contributed by atoms with van der Waals surface area (Å²) in [4.78, 5) is 28.1. The molecule has 1 atom stereocenters. The zero-order valence-corrected chi connectivity index (χ0v) is 20.1. The minimum Gasteiger partial charge on any atom is -0.497 e. The number of carbonyl (C=O) groups excluding carboxylic acids is 2. The Morgan fingerprint density at radius 2 is 1.62 bits per heavy atom. The molecule has 0 saturated carbocycles. The van der Waals surface area contributed by atoms with E-state index in [2.05, 4.69) is 5.32 Å². The van der Waals surface area contributed by atoms with Gasteiger partial charge in [-0.15, -0.1) is 0 Å². The number of benzene rings is 3. The third kappa shape index (κ3) is 6.99. The van der Waals surface area contributed by atoms with Crippen LogP contribution in [0.15, 0.2) is 78.9 Å². The van der Waals surface area contributed by atoms with Crippen molar-refractivity contribution in [1.29, 1.82) is 0 Å². The molecule has 7 heteroatoms. The van der Waals surface area contributed by atoms with E-state index in [-0.39, 0.29) is 25.0 Å². The van der Waals surface area contributed by atoms with Crippen molar-refractivity contribution >= 4 is 23.4 Å². The molecule has 0 saturated heterocycles. The highest BCUT2D eigenvalue weighted by molar-refractivity contribution is 6.32. The van der Waals surface area contributed by atoms with Crippen molar-refractivity contribution in [3.8, 4) is 11.5 Å². The van der Waals surface area contributed by atoms with E-state index in [9.17, 15) is 9.59 Å². The second-order valence-corrected chi connectivity index (χ2v) is 8.10. The van der Waals surface area contributed by atoms with Crippen molar-refractivity contribution in [2.45, 2.75) is 25.9 Å². The van der Waals surface area contributed by atoms with Crippen LogP contribution in [-0.4, -0.2) is 43.0 Å². The summed E-state index contributed by atoms with van der Waals surface area (Å²) in [5.41, 5.74) is 1.83. The molecule has 178 valence electrons. The molecule has 3 aromatic rings. The monoisotopic (exact) mass is 480 g/mol. The number of nitrogens with one attached hydrogen (secondary N) is 1. The average Bonchev–Trinajstić information content (AvgIpc) is 2.86. The van der Waals surface area contributed by atoms with Crippen LogP contribution in [0.1, 0.15) is 18.1 Å². The molecule has 0 heterocycles. The van der Waals surface area contributed by atoms with Crippen molar-refractivity contribution in [1.82, 2.24) is 10.2 Å². The minimum atomic E-state index is -0.716. The van der Waals surface area contributed by atoms with E-state index in [4.69, 9.17) is 21.1 Å². The van der Waals surface area contributed by atoms with Gasteiger partial charge in [-0.2, -0.15) is 0 Å². The fourth-order valence-corrected chi connectivity index (χ4v) is 3.75. The summed E-state index contributed by atoms with van der Waals surface area (Å²) in [6.07, 6.45) is 0.376. The molecule has 0 bridgehead atoms. The van der Waals surface area contributed by atoms with E-state index in [0.717, 1.165) is 11.1 Å². The molecular formula is C27H29ClN2O4. The first-order valence-electron chi connectivity index (χ1n) is 11.1. The lowest BCUT2D eigenvalue weighted by Gasteiger charge is -2.31. The van der Waals surface area contributed by atoms with Crippen LogP contribution in [0.25, 0.3) is 0 Å². The maximum absolute atomic E-state index is 13.4. The number of amides is 2. The Hall–Kier alpha value is -3.51. The van der Waals surface area contributed by atoms with Crippen LogP contribution in [0.3, 0.4) is 0 Å². The summed E-state index contributed by atoms with van der Waals surface area (Å²) in [5.74, 6) is 0.599. The number of carbonyl (C=O) groups is 2. The molecule has 1 unspecified atom stereocenters. The van der Waals surface area contributed by atoms with Crippen LogP contribution in [0, 0.1) is 0 Å². The van der Waals surface area contributed by atoms with Gasteiger partial charge in [-0.1, -0.05) is 66.2 Å². The minimum absolute atomic E-state index is 0.217. The summed E-state index contributed by atoms with van der Waals surface area (Å²) in [6.45, 7) is 2.31. The molecule has 1 N–H and O–H groups in total. The molecule has 0 spiro atoms. The number of para-hydroxylation sites is 1. The van der Waals surface area contributed by atoms with Gasteiger partial charge in [0.1, 0.15) is 17.5 Å². The standard InChI is InChI=1S/C27H29ClN2O4/c1-3-29-27(32)24(17-20-9-5-4-6-10-20)30(18-21-13-15-22(33-2)16-14-21)26(31)19-34-25-12-8-7-11-23(25)28/h4-16,24H,3,17-19H2,1-2H3,(H,29,32). The van der Waals surface area contributed by atoms with Gasteiger partial charge in [0.25, 0.3) is 5.91 Å². The number of nitrogens with zero attached hydrogens (tertiary/aromatic N) is 1. The largest absolute Gasteiger partial charge is 0.497 e. The molecule has 0 radical (unpaired) electrons. The Kier molecular flexibility index (Phi) is 9.35. The summed E-state index contributed by atoms with van der Waals surface area (Å²) >= 11 is 6.18. The molecule has 6 nitrogen and oxygen atoms in total. The molecule has 34 heavy (non-hydrogen) atoms. The average molecular weight is 481 g/mol. The fraction of sp³-hybridized carbons (Fsp3) is 0.259. The Balaban J connectivity index is 1.89. The van der Waals surface area contributed by atoms with Gasteiger partial charge < -0.3 is 19.7 Å². The third-order valence-corrected chi connectivity index (χ3v) is 5.63. The van der Waals surface area contributed by atoms with Gasteiger partial charge in [-0.05, 0) is 42.3 Å². The Morgan fingerprint density at radius 1 is 0.941 bits per heavy atom. The Morgan fingerprint density at radius 3 is 2.26 bits per heavy atom. The van der Waals surface area contributed by atoms with E-state index in [0.29, 0.717) is 29.5 Å². The lowest BCUT2D eigenvalue weighted by molar-refractivity contribution is -0.142. The molecular weight excluding hydrogens is 452 g/mol. The lowest BCUT2D eigenvalue weighted by Crippen LogP contribution is -2.51. The highest BCUT2D eigenvalue weighted by Gasteiger charge is 2.30. The Labute approximate surface area is 205 Å². The van der Waals surface area contributed by atoms with Gasteiger partial charge in [0.05, 0.1) is 12.1 Å². The predicted molar refractivity (Wildman–Crippen MR) is 133 cm³/mol. The van der Waals surface area contributed by atoms with E-state index >= 15 is 0 Å². The molecule has 3 aromatic carbocycles. The van der Waals surface area contributed by atoms with Gasteiger partial charge in [-0.3, -0.25) is 9.59 Å². The fourth-order valence-electron chi connectivity index (χ4n) is 3.56. The highest BCUT2D eigenvalue weighted by Crippen LogP contribution is 2.24. The number of hydrogen-bond acceptors (Lipinski definition) is 4. The molecule has 0 aliphatic heterocycles. The zero-order chi connectivity index (χ0) is 24.3. The molecule has 0 aliphatic rings. The zero-order valence-electron chi connectivity index (χ0n) is 19.4. The number of likely N-dealkylation sites (N-methyl/N-ethyl adjacent to an activating group) is 1. The smallest absolute Gasteiger partial charge is 0.261 e. The number of methoxy groups -OCH3 is 1. The van der Waals surface area contributed by atoms with Gasteiger partial charge >= 0.3 is 0 Å². The summed E-state index contributed by atoms with van der Waals surface area (Å²) in [5, 5.41) is 3.29. The lowest BCUT2D eigenvalue weighted by atomic mass is 10.0. The van der Waals surface area contributed by atoms with E-state index in [1.54, 1.807) is 36.3 Å². The van der Waals surface area contributed by atoms with Crippen LogP contribution in [0.2, 0.25) is 5.02 Å². The number of ether oxygens (including phenoxy) is 2. The summed E-state index contributed by atoms with van der Waals surface area (Å²) in [6, 6.07) is 23.3. The first kappa shape index (κ1) is 25.1. The molecule has 0 fully saturated rings. The molecule has 0 aromatic heterocycles. The van der Waals surface area contributed by atoms with Gasteiger partial charge in [-0.25, -0.2) is 0 Å². The van der Waals surface area contributed by atoms with Crippen LogP contribution in [-0.2, 0) is 22.6 Å².